The van der Waals surface area contributed by atoms with Crippen molar-refractivity contribution in [1.82, 2.24) is 10.2 Å². The molecule has 0 spiro atoms. The average Bonchev–Trinajstić information content (AvgIpc) is 2.63. The van der Waals surface area contributed by atoms with Crippen LogP contribution in [-0.4, -0.2) is 15.7 Å². The average molecular weight is 215 g/mol. The first-order valence-corrected chi connectivity index (χ1v) is 5.80. The van der Waals surface area contributed by atoms with Crippen molar-refractivity contribution < 1.29 is 0 Å². The molecule has 0 saturated heterocycles. The second-order valence-corrected chi connectivity index (χ2v) is 5.01. The first kappa shape index (κ1) is 9.85. The molecule has 0 fully saturated rings. The summed E-state index contributed by atoms with van der Waals surface area (Å²) in [7, 11) is 0. The van der Waals surface area contributed by atoms with Crippen molar-refractivity contribution in [3.05, 3.63) is 40.8 Å². The van der Waals surface area contributed by atoms with Gasteiger partial charge in [-0.2, -0.15) is 5.10 Å². The molecule has 1 heterocycles. The highest BCUT2D eigenvalue weighted by atomic mass is 15.1. The van der Waals surface area contributed by atoms with E-state index >= 15 is 0 Å². The molecule has 3 N–H and O–H groups in total. The summed E-state index contributed by atoms with van der Waals surface area (Å²) in [5, 5.41) is 7.24. The Hall–Kier alpha value is -1.35. The number of nitrogens with zero attached hydrogens (tertiary/aromatic N) is 1. The Bertz CT molecular complexity index is 495. The fourth-order valence-corrected chi connectivity index (χ4v) is 3.30. The quantitative estimate of drug-likeness (QED) is 0.651. The van der Waals surface area contributed by atoms with Crippen LogP contribution in [0, 0.1) is 0 Å². The van der Waals surface area contributed by atoms with Crippen LogP contribution in [0.1, 0.15) is 37.4 Å². The number of H-pyrrole nitrogens is 1. The van der Waals surface area contributed by atoms with Crippen molar-refractivity contribution in [3.8, 4) is 0 Å². The molecule has 3 nitrogen and oxygen atoms in total. The van der Waals surface area contributed by atoms with E-state index in [2.05, 4.69) is 36.2 Å². The number of hydrogen-bond donors (Lipinski definition) is 2. The molecule has 0 aromatic carbocycles. The summed E-state index contributed by atoms with van der Waals surface area (Å²) in [4.78, 5) is 0. The van der Waals surface area contributed by atoms with Gasteiger partial charge in [-0.25, -0.2) is 0 Å². The van der Waals surface area contributed by atoms with Gasteiger partial charge in [0.05, 0.1) is 11.7 Å². The van der Waals surface area contributed by atoms with Gasteiger partial charge in [0.15, 0.2) is 0 Å². The zero-order valence-corrected chi connectivity index (χ0v) is 9.75. The van der Waals surface area contributed by atoms with E-state index in [1.54, 1.807) is 0 Å². The van der Waals surface area contributed by atoms with Gasteiger partial charge in [0, 0.05) is 23.6 Å². The first-order valence-electron chi connectivity index (χ1n) is 5.80. The lowest BCUT2D eigenvalue weighted by atomic mass is 9.65. The fraction of sp³-hybridized carbons (Fsp3) is 0.462. The molecule has 2 aliphatic carbocycles. The summed E-state index contributed by atoms with van der Waals surface area (Å²) >= 11 is 0. The van der Waals surface area contributed by atoms with Gasteiger partial charge in [-0.15, -0.1) is 0 Å². The molecule has 1 aromatic rings. The number of nitrogens with one attached hydrogen (secondary N) is 1. The minimum Gasteiger partial charge on any atom is -0.318 e. The summed E-state index contributed by atoms with van der Waals surface area (Å²) in [6, 6.07) is 0. The van der Waals surface area contributed by atoms with Gasteiger partial charge < -0.3 is 5.73 Å². The number of hydrogen-bond acceptors (Lipinski definition) is 2. The SMILES string of the molecule is C/C=C1\C2CC(C)=C[C@]1(N)Cc1[nH]ncc12. The number of fused-ring (bicyclic) bond motifs is 4. The summed E-state index contributed by atoms with van der Waals surface area (Å²) in [5.41, 5.74) is 11.5. The number of nitrogens with two attached hydrogens (primary N) is 1. The van der Waals surface area contributed by atoms with Crippen molar-refractivity contribution in [1.29, 1.82) is 0 Å². The highest BCUT2D eigenvalue weighted by Crippen LogP contribution is 2.47. The van der Waals surface area contributed by atoms with E-state index < -0.39 is 0 Å². The van der Waals surface area contributed by atoms with Crippen LogP contribution in [0.5, 0.6) is 0 Å². The van der Waals surface area contributed by atoms with Crippen molar-refractivity contribution in [2.75, 3.05) is 0 Å². The second-order valence-electron chi connectivity index (χ2n) is 5.01. The summed E-state index contributed by atoms with van der Waals surface area (Å²) < 4.78 is 0. The molecule has 2 bridgehead atoms. The largest absolute Gasteiger partial charge is 0.318 e. The normalized spacial score (nSPS) is 34.8. The lowest BCUT2D eigenvalue weighted by Gasteiger charge is -2.43. The molecule has 0 aliphatic heterocycles. The smallest absolute Gasteiger partial charge is 0.0619 e. The van der Waals surface area contributed by atoms with E-state index in [0.29, 0.717) is 5.92 Å². The van der Waals surface area contributed by atoms with Crippen molar-refractivity contribution in [2.24, 2.45) is 5.73 Å². The van der Waals surface area contributed by atoms with Crippen LogP contribution in [0.2, 0.25) is 0 Å². The minimum atomic E-state index is -0.290. The second kappa shape index (κ2) is 3.08. The third kappa shape index (κ3) is 1.15. The van der Waals surface area contributed by atoms with E-state index in [9.17, 15) is 0 Å². The predicted octanol–water partition coefficient (Wildman–Crippen LogP) is 2.04. The third-order valence-corrected chi connectivity index (χ3v) is 3.85. The molecule has 0 amide bonds. The molecule has 2 aliphatic rings. The molecule has 84 valence electrons. The van der Waals surface area contributed by atoms with Crippen molar-refractivity contribution in [3.63, 3.8) is 0 Å². The summed E-state index contributed by atoms with van der Waals surface area (Å²) in [5.74, 6) is 0.433. The minimum absolute atomic E-state index is 0.290. The lowest BCUT2D eigenvalue weighted by Crippen LogP contribution is -2.49. The Kier molecular flexibility index (Phi) is 1.89. The van der Waals surface area contributed by atoms with Crippen LogP contribution in [0.3, 0.4) is 0 Å². The van der Waals surface area contributed by atoms with Gasteiger partial charge in [0.2, 0.25) is 0 Å². The molecular weight excluding hydrogens is 198 g/mol. The van der Waals surface area contributed by atoms with Gasteiger partial charge in [0.25, 0.3) is 0 Å². The van der Waals surface area contributed by atoms with Crippen LogP contribution < -0.4 is 5.73 Å². The molecule has 1 unspecified atom stereocenters. The zero-order chi connectivity index (χ0) is 11.3. The molecule has 0 radical (unpaired) electrons. The van der Waals surface area contributed by atoms with Crippen LogP contribution in [-0.2, 0) is 6.42 Å². The molecule has 0 saturated carbocycles. The summed E-state index contributed by atoms with van der Waals surface area (Å²) in [6.45, 7) is 4.26. The maximum atomic E-state index is 6.53. The van der Waals surface area contributed by atoms with E-state index in [1.807, 2.05) is 6.20 Å². The number of aromatic amines is 1. The van der Waals surface area contributed by atoms with Crippen molar-refractivity contribution in [2.45, 2.75) is 38.1 Å². The van der Waals surface area contributed by atoms with Gasteiger partial charge in [-0.05, 0) is 25.8 Å². The van der Waals surface area contributed by atoms with Crippen LogP contribution >= 0.6 is 0 Å². The topological polar surface area (TPSA) is 54.7 Å². The zero-order valence-electron chi connectivity index (χ0n) is 9.75. The van der Waals surface area contributed by atoms with E-state index in [4.69, 9.17) is 5.73 Å². The van der Waals surface area contributed by atoms with Gasteiger partial charge in [0.1, 0.15) is 0 Å². The molecular formula is C13H17N3. The van der Waals surface area contributed by atoms with E-state index in [-0.39, 0.29) is 5.54 Å². The monoisotopic (exact) mass is 215 g/mol. The predicted molar refractivity (Wildman–Crippen MR) is 64.1 cm³/mol. The van der Waals surface area contributed by atoms with Crippen LogP contribution in [0.4, 0.5) is 0 Å². The number of rotatable bonds is 0. The Labute approximate surface area is 95.4 Å². The van der Waals surface area contributed by atoms with E-state index in [1.165, 1.54) is 22.4 Å². The first-order chi connectivity index (χ1) is 7.64. The standard InChI is InChI=1S/C13H17N3/c1-3-11-9-4-8(2)5-13(11,14)6-12-10(9)7-15-16-12/h3,5,7,9H,4,6,14H2,1-2H3,(H,15,16)/b11-3+/t9?,13-/m0/s1. The molecule has 2 atom stereocenters. The van der Waals surface area contributed by atoms with Gasteiger partial charge in [-0.3, -0.25) is 5.10 Å². The maximum Gasteiger partial charge on any atom is 0.0619 e. The maximum absolute atomic E-state index is 6.53. The molecule has 16 heavy (non-hydrogen) atoms. The van der Waals surface area contributed by atoms with Gasteiger partial charge >= 0.3 is 0 Å². The lowest BCUT2D eigenvalue weighted by molar-refractivity contribution is 0.486. The number of aromatic nitrogens is 2. The Balaban J connectivity index is 2.23. The Morgan fingerprint density at radius 2 is 2.44 bits per heavy atom. The molecule has 3 rings (SSSR count). The highest BCUT2D eigenvalue weighted by molar-refractivity contribution is 5.50. The summed E-state index contributed by atoms with van der Waals surface area (Å²) in [6.07, 6.45) is 8.29. The Morgan fingerprint density at radius 1 is 1.62 bits per heavy atom. The van der Waals surface area contributed by atoms with E-state index in [0.717, 1.165) is 12.8 Å². The molecule has 1 aromatic heterocycles. The van der Waals surface area contributed by atoms with Crippen molar-refractivity contribution >= 4 is 0 Å². The third-order valence-electron chi connectivity index (χ3n) is 3.85. The van der Waals surface area contributed by atoms with Crippen LogP contribution in [0.25, 0.3) is 0 Å². The number of allylic oxidation sites excluding steroid dienone is 2. The molecule has 3 heteroatoms. The Morgan fingerprint density at radius 3 is 3.19 bits per heavy atom. The van der Waals surface area contributed by atoms with Gasteiger partial charge in [-0.1, -0.05) is 17.7 Å². The fourth-order valence-electron chi connectivity index (χ4n) is 3.30. The van der Waals surface area contributed by atoms with Crippen LogP contribution in [0.15, 0.2) is 29.5 Å². The highest BCUT2D eigenvalue weighted by Gasteiger charge is 2.42.